The third-order valence-electron chi connectivity index (χ3n) is 3.16. The van der Waals surface area contributed by atoms with Gasteiger partial charge in [0.15, 0.2) is 0 Å². The minimum Gasteiger partial charge on any atom is -0.496 e. The number of hydrogen-bond acceptors (Lipinski definition) is 4. The summed E-state index contributed by atoms with van der Waals surface area (Å²) in [6.07, 6.45) is 0. The highest BCUT2D eigenvalue weighted by Crippen LogP contribution is 2.24. The Morgan fingerprint density at radius 1 is 1.14 bits per heavy atom. The van der Waals surface area contributed by atoms with Crippen LogP contribution in [-0.4, -0.2) is 24.3 Å². The van der Waals surface area contributed by atoms with Gasteiger partial charge >= 0.3 is 7.12 Å². The summed E-state index contributed by atoms with van der Waals surface area (Å²) in [4.78, 5) is 0. The first kappa shape index (κ1) is 15.7. The molecule has 110 valence electrons. The van der Waals surface area contributed by atoms with Crippen molar-refractivity contribution in [2.45, 2.75) is 13.5 Å². The predicted molar refractivity (Wildman–Crippen MR) is 83.3 cm³/mol. The molecule has 0 amide bonds. The van der Waals surface area contributed by atoms with Gasteiger partial charge in [-0.15, -0.1) is 0 Å². The van der Waals surface area contributed by atoms with E-state index in [0.717, 1.165) is 11.1 Å². The second kappa shape index (κ2) is 6.85. The molecule has 0 bridgehead atoms. The summed E-state index contributed by atoms with van der Waals surface area (Å²) in [5.41, 5.74) is 2.05. The minimum absolute atomic E-state index is 0.310. The molecule has 2 rings (SSSR count). The van der Waals surface area contributed by atoms with Crippen molar-refractivity contribution in [3.63, 3.8) is 0 Å². The molecule has 0 aliphatic rings. The van der Waals surface area contributed by atoms with Crippen molar-refractivity contribution in [2.75, 3.05) is 7.11 Å². The molecule has 6 heteroatoms. The zero-order valence-electron chi connectivity index (χ0n) is 11.8. The predicted octanol–water partition coefficient (Wildman–Crippen LogP) is 1.92. The first-order valence-electron chi connectivity index (χ1n) is 6.43. The van der Waals surface area contributed by atoms with Crippen molar-refractivity contribution >= 4 is 24.2 Å². The van der Waals surface area contributed by atoms with E-state index in [0.29, 0.717) is 28.6 Å². The average Bonchev–Trinajstić information content (AvgIpc) is 2.45. The molecule has 2 aromatic carbocycles. The number of methoxy groups -OCH3 is 1. The molecule has 0 aliphatic carbocycles. The van der Waals surface area contributed by atoms with Gasteiger partial charge in [-0.1, -0.05) is 17.7 Å². The molecule has 0 aliphatic heterocycles. The minimum atomic E-state index is -1.48. The van der Waals surface area contributed by atoms with Crippen LogP contribution in [0.15, 0.2) is 36.4 Å². The summed E-state index contributed by atoms with van der Waals surface area (Å²) in [5, 5.41) is 19.0. The molecule has 0 radical (unpaired) electrons. The normalized spacial score (nSPS) is 10.3. The highest BCUT2D eigenvalue weighted by atomic mass is 35.5. The molecule has 0 aromatic heterocycles. The van der Waals surface area contributed by atoms with Gasteiger partial charge in [0.2, 0.25) is 0 Å². The van der Waals surface area contributed by atoms with Crippen LogP contribution in [0.3, 0.4) is 0 Å². The Morgan fingerprint density at radius 3 is 2.52 bits per heavy atom. The Balaban J connectivity index is 2.13. The van der Waals surface area contributed by atoms with Crippen LogP contribution in [0, 0.1) is 6.92 Å². The van der Waals surface area contributed by atoms with Crippen molar-refractivity contribution < 1.29 is 19.5 Å². The lowest BCUT2D eigenvalue weighted by Crippen LogP contribution is -2.31. The van der Waals surface area contributed by atoms with Gasteiger partial charge < -0.3 is 19.5 Å². The standard InChI is InChI=1S/C15H16BClO4/c1-10-7-13(4-5-14(10)16(18)19)21-9-11-8-12(17)3-6-15(11)20-2/h3-8,18-19H,9H2,1-2H3. The zero-order valence-corrected chi connectivity index (χ0v) is 12.6. The quantitative estimate of drug-likeness (QED) is 0.829. The highest BCUT2D eigenvalue weighted by Gasteiger charge is 2.14. The topological polar surface area (TPSA) is 58.9 Å². The Labute approximate surface area is 129 Å². The molecule has 0 spiro atoms. The van der Waals surface area contributed by atoms with Gasteiger partial charge in [-0.25, -0.2) is 0 Å². The maximum absolute atomic E-state index is 9.19. The molecule has 21 heavy (non-hydrogen) atoms. The van der Waals surface area contributed by atoms with E-state index in [2.05, 4.69) is 0 Å². The fraction of sp³-hybridized carbons (Fsp3) is 0.200. The monoisotopic (exact) mass is 306 g/mol. The van der Waals surface area contributed by atoms with E-state index in [-0.39, 0.29) is 0 Å². The number of hydrogen-bond donors (Lipinski definition) is 2. The van der Waals surface area contributed by atoms with Crippen molar-refractivity contribution in [1.82, 2.24) is 0 Å². The molecule has 0 saturated heterocycles. The maximum atomic E-state index is 9.19. The lowest BCUT2D eigenvalue weighted by molar-refractivity contribution is 0.296. The van der Waals surface area contributed by atoms with E-state index in [1.165, 1.54) is 0 Å². The Kier molecular flexibility index (Phi) is 5.12. The van der Waals surface area contributed by atoms with Crippen LogP contribution < -0.4 is 14.9 Å². The summed E-state index contributed by atoms with van der Waals surface area (Å²) in [5.74, 6) is 1.34. The van der Waals surface area contributed by atoms with Crippen LogP contribution in [0.25, 0.3) is 0 Å². The van der Waals surface area contributed by atoms with Crippen molar-refractivity contribution in [3.8, 4) is 11.5 Å². The smallest absolute Gasteiger partial charge is 0.488 e. The van der Waals surface area contributed by atoms with Crippen molar-refractivity contribution in [2.24, 2.45) is 0 Å². The summed E-state index contributed by atoms with van der Waals surface area (Å²) in [7, 11) is 0.112. The van der Waals surface area contributed by atoms with Crippen LogP contribution in [-0.2, 0) is 6.61 Å². The van der Waals surface area contributed by atoms with E-state index in [9.17, 15) is 10.0 Å². The molecule has 2 aromatic rings. The molecular weight excluding hydrogens is 290 g/mol. The average molecular weight is 307 g/mol. The lowest BCUT2D eigenvalue weighted by atomic mass is 9.77. The number of benzene rings is 2. The first-order valence-corrected chi connectivity index (χ1v) is 6.81. The number of aryl methyl sites for hydroxylation is 1. The number of ether oxygens (including phenoxy) is 2. The van der Waals surface area contributed by atoms with Gasteiger partial charge in [-0.05, 0) is 48.3 Å². The van der Waals surface area contributed by atoms with E-state index in [1.807, 2.05) is 0 Å². The van der Waals surface area contributed by atoms with Crippen molar-refractivity contribution in [1.29, 1.82) is 0 Å². The van der Waals surface area contributed by atoms with E-state index in [4.69, 9.17) is 21.1 Å². The second-order valence-electron chi connectivity index (χ2n) is 4.64. The summed E-state index contributed by atoms with van der Waals surface area (Å²) in [6, 6.07) is 10.4. The van der Waals surface area contributed by atoms with Crippen LogP contribution in [0.2, 0.25) is 5.02 Å². The summed E-state index contributed by atoms with van der Waals surface area (Å²) < 4.78 is 11.0. The zero-order chi connectivity index (χ0) is 15.4. The summed E-state index contributed by atoms with van der Waals surface area (Å²) >= 11 is 5.97. The molecule has 0 unspecified atom stereocenters. The van der Waals surface area contributed by atoms with E-state index >= 15 is 0 Å². The van der Waals surface area contributed by atoms with Gasteiger partial charge in [0, 0.05) is 10.6 Å². The van der Waals surface area contributed by atoms with Crippen LogP contribution >= 0.6 is 11.6 Å². The molecule has 0 saturated carbocycles. The number of rotatable bonds is 5. The maximum Gasteiger partial charge on any atom is 0.488 e. The van der Waals surface area contributed by atoms with Gasteiger partial charge in [0.25, 0.3) is 0 Å². The molecule has 2 N–H and O–H groups in total. The van der Waals surface area contributed by atoms with Gasteiger partial charge in [-0.3, -0.25) is 0 Å². The SMILES string of the molecule is COc1ccc(Cl)cc1COc1ccc(B(O)O)c(C)c1. The lowest BCUT2D eigenvalue weighted by Gasteiger charge is -2.12. The van der Waals surface area contributed by atoms with Crippen LogP contribution in [0.4, 0.5) is 0 Å². The molecule has 4 nitrogen and oxygen atoms in total. The first-order chi connectivity index (χ1) is 10.0. The van der Waals surface area contributed by atoms with E-state index in [1.54, 1.807) is 50.4 Å². The Bertz CT molecular complexity index is 631. The third kappa shape index (κ3) is 3.91. The molecule has 0 fully saturated rings. The highest BCUT2D eigenvalue weighted by molar-refractivity contribution is 6.59. The Morgan fingerprint density at radius 2 is 1.90 bits per heavy atom. The fourth-order valence-corrected chi connectivity index (χ4v) is 2.24. The molecule has 0 heterocycles. The second-order valence-corrected chi connectivity index (χ2v) is 5.07. The van der Waals surface area contributed by atoms with Crippen LogP contribution in [0.1, 0.15) is 11.1 Å². The largest absolute Gasteiger partial charge is 0.496 e. The molecule has 0 atom stereocenters. The Hall–Kier alpha value is -1.69. The third-order valence-corrected chi connectivity index (χ3v) is 3.39. The van der Waals surface area contributed by atoms with Gasteiger partial charge in [0.05, 0.1) is 7.11 Å². The van der Waals surface area contributed by atoms with Crippen LogP contribution in [0.5, 0.6) is 11.5 Å². The van der Waals surface area contributed by atoms with Crippen molar-refractivity contribution in [3.05, 3.63) is 52.5 Å². The fourth-order valence-electron chi connectivity index (χ4n) is 2.05. The summed E-state index contributed by atoms with van der Waals surface area (Å²) in [6.45, 7) is 2.10. The number of halogens is 1. The van der Waals surface area contributed by atoms with E-state index < -0.39 is 7.12 Å². The molecular formula is C15H16BClO4. The van der Waals surface area contributed by atoms with Gasteiger partial charge in [0.1, 0.15) is 18.1 Å². The van der Waals surface area contributed by atoms with Gasteiger partial charge in [-0.2, -0.15) is 0 Å².